The van der Waals surface area contributed by atoms with Gasteiger partial charge in [-0.25, -0.2) is 9.97 Å². The van der Waals surface area contributed by atoms with Crippen LogP contribution >= 0.6 is 0 Å². The molecule has 4 nitrogen and oxygen atoms in total. The van der Waals surface area contributed by atoms with Crippen LogP contribution in [0.3, 0.4) is 0 Å². The summed E-state index contributed by atoms with van der Waals surface area (Å²) in [6, 6.07) is 79.0. The quantitative estimate of drug-likeness (QED) is 0.142. The molecule has 5 heteroatoms. The fourth-order valence-corrected chi connectivity index (χ4v) is 11.5. The smallest absolute Gasteiger partial charge is 0.252 e. The Kier molecular flexibility index (Phi) is 12.5. The number of hydrogen-bond donors (Lipinski definition) is 0. The van der Waals surface area contributed by atoms with Crippen molar-refractivity contribution < 1.29 is 0 Å². The van der Waals surface area contributed by atoms with Crippen molar-refractivity contribution in [1.82, 2.24) is 9.97 Å². The molecular weight excluding hydrogens is 944 g/mol. The molecule has 2 aliphatic rings. The number of benzene rings is 9. The van der Waals surface area contributed by atoms with E-state index in [4.69, 9.17) is 9.97 Å². The van der Waals surface area contributed by atoms with Crippen LogP contribution in [-0.2, 0) is 16.2 Å². The van der Waals surface area contributed by atoms with E-state index >= 15 is 0 Å². The molecule has 1 aromatic heterocycles. The van der Waals surface area contributed by atoms with E-state index in [0.29, 0.717) is 11.7 Å². The molecule has 3 heterocycles. The summed E-state index contributed by atoms with van der Waals surface area (Å²) in [7, 11) is 0. The largest absolute Gasteiger partial charge is 0.311 e. The molecule has 0 fully saturated rings. The summed E-state index contributed by atoms with van der Waals surface area (Å²) >= 11 is 0. The molecule has 0 saturated carbocycles. The fourth-order valence-electron chi connectivity index (χ4n) is 11.5. The van der Waals surface area contributed by atoms with Gasteiger partial charge in [0.15, 0.2) is 5.82 Å². The van der Waals surface area contributed by atoms with Crippen LogP contribution in [0.5, 0.6) is 0 Å². The number of nitrogens with zero attached hydrogens (tertiary/aromatic N) is 4. The van der Waals surface area contributed by atoms with Crippen LogP contribution in [0.2, 0.25) is 0 Å². The van der Waals surface area contributed by atoms with Gasteiger partial charge in [-0.2, -0.15) is 0 Å². The van der Waals surface area contributed by atoms with Crippen molar-refractivity contribution in [2.75, 3.05) is 9.80 Å². The average Bonchev–Trinajstić information content (AvgIpc) is 2.92. The Morgan fingerprint density at radius 3 is 1.17 bits per heavy atom. The van der Waals surface area contributed by atoms with Gasteiger partial charge < -0.3 is 9.80 Å². The summed E-state index contributed by atoms with van der Waals surface area (Å²) in [6.45, 7) is 25.6. The van der Waals surface area contributed by atoms with Gasteiger partial charge in [-0.15, -0.1) is 0 Å². The van der Waals surface area contributed by atoms with Crippen molar-refractivity contribution in [1.29, 1.82) is 0 Å². The molecule has 0 aliphatic carbocycles. The number of hydrogen-bond acceptors (Lipinski definition) is 4. The number of anilines is 6. The molecule has 78 heavy (non-hydrogen) atoms. The molecule has 0 spiro atoms. The van der Waals surface area contributed by atoms with Gasteiger partial charge in [0.1, 0.15) is 0 Å². The van der Waals surface area contributed by atoms with Gasteiger partial charge >= 0.3 is 0 Å². The van der Waals surface area contributed by atoms with Crippen LogP contribution in [0.25, 0.3) is 56.2 Å². The molecule has 0 radical (unpaired) electrons. The minimum atomic E-state index is -0.120. The lowest BCUT2D eigenvalue weighted by atomic mass is 9.33. The first kappa shape index (κ1) is 50.5. The summed E-state index contributed by atoms with van der Waals surface area (Å²) in [5.41, 5.74) is 25.1. The second-order valence-electron chi connectivity index (χ2n) is 25.0. The molecule has 10 aromatic rings. The highest BCUT2D eigenvalue weighted by Crippen LogP contribution is 2.49. The molecule has 0 saturated heterocycles. The second-order valence-corrected chi connectivity index (χ2v) is 25.0. The van der Waals surface area contributed by atoms with E-state index in [1.807, 2.05) is 0 Å². The molecule has 0 bridgehead atoms. The first-order chi connectivity index (χ1) is 37.4. The van der Waals surface area contributed by atoms with Gasteiger partial charge in [0.25, 0.3) is 6.71 Å². The first-order valence-electron chi connectivity index (χ1n) is 27.9. The third-order valence-corrected chi connectivity index (χ3v) is 16.0. The highest BCUT2D eigenvalue weighted by molar-refractivity contribution is 7.00. The van der Waals surface area contributed by atoms with E-state index in [0.717, 1.165) is 50.8 Å². The van der Waals surface area contributed by atoms with E-state index in [1.165, 1.54) is 72.3 Å². The summed E-state index contributed by atoms with van der Waals surface area (Å²) in [6.07, 6.45) is 0. The summed E-state index contributed by atoms with van der Waals surface area (Å²) in [5.74, 6) is 0.994. The van der Waals surface area contributed by atoms with Crippen molar-refractivity contribution in [2.45, 2.75) is 98.3 Å². The van der Waals surface area contributed by atoms with Gasteiger partial charge in [0, 0.05) is 50.8 Å². The zero-order valence-electron chi connectivity index (χ0n) is 47.2. The van der Waals surface area contributed by atoms with E-state index < -0.39 is 0 Å². The maximum atomic E-state index is 5.58. The molecule has 2 aliphatic heterocycles. The minimum Gasteiger partial charge on any atom is -0.311 e. The lowest BCUT2D eigenvalue weighted by Crippen LogP contribution is -2.61. The summed E-state index contributed by atoms with van der Waals surface area (Å²) in [5, 5.41) is 0. The third kappa shape index (κ3) is 9.33. The molecule has 9 aromatic carbocycles. The zero-order valence-corrected chi connectivity index (χ0v) is 47.2. The number of fused-ring (bicyclic) bond motifs is 4. The van der Waals surface area contributed by atoms with Gasteiger partial charge in [-0.05, 0) is 138 Å². The van der Waals surface area contributed by atoms with Crippen LogP contribution in [-0.4, -0.2) is 16.7 Å². The predicted molar refractivity (Wildman–Crippen MR) is 333 cm³/mol. The van der Waals surface area contributed by atoms with Crippen molar-refractivity contribution in [2.24, 2.45) is 0 Å². The van der Waals surface area contributed by atoms with Crippen molar-refractivity contribution in [3.8, 4) is 56.2 Å². The molecule has 0 unspecified atom stereocenters. The number of aromatic nitrogens is 2. The van der Waals surface area contributed by atoms with Gasteiger partial charge in [-0.3, -0.25) is 0 Å². The summed E-state index contributed by atoms with van der Waals surface area (Å²) < 4.78 is 0. The Bertz CT molecular complexity index is 3790. The minimum absolute atomic E-state index is 0.106. The maximum absolute atomic E-state index is 5.58. The Morgan fingerprint density at radius 2 is 0.731 bits per heavy atom. The normalized spacial score (nSPS) is 13.1. The van der Waals surface area contributed by atoms with Crippen LogP contribution in [0.15, 0.2) is 212 Å². The lowest BCUT2D eigenvalue weighted by Gasteiger charge is -2.45. The SMILES string of the molecule is CC(C)c1cc(N2c3cc(-c4ccccc4)ccc3B3c4ccc(-c5ccccc5)cc4N(c4cc(C(C)(C)C)cc(C(C)(C)C)c4)c4cc(-c5cc(-c6ccccc6)nc(-c6ccccc6)n5)cc2c43)cc(C(C)(C)C)c1. The van der Waals surface area contributed by atoms with Gasteiger partial charge in [0.2, 0.25) is 0 Å². The topological polar surface area (TPSA) is 32.3 Å². The van der Waals surface area contributed by atoms with E-state index in [9.17, 15) is 0 Å². The molecule has 0 N–H and O–H groups in total. The average molecular weight is 1010 g/mol. The lowest BCUT2D eigenvalue weighted by molar-refractivity contribution is 0.569. The third-order valence-electron chi connectivity index (χ3n) is 16.0. The van der Waals surface area contributed by atoms with Crippen LogP contribution < -0.4 is 26.2 Å². The molecule has 384 valence electrons. The van der Waals surface area contributed by atoms with Crippen molar-refractivity contribution >= 4 is 57.2 Å². The standard InChI is InChI=1S/C73H69BN4/c1-47(2)54-36-56(71(3,4)5)43-59(37-54)77-65-38-52(48-24-16-12-17-25-48)32-34-61(65)74-62-35-33-53(49-26-18-13-19-27-49)39-66(62)78(60-44-57(72(6,7)8)42-58(45-60)73(9,10)11)68-41-55(40-67(77)69(68)74)64-46-63(50-28-20-14-21-29-50)75-70(76-64)51-30-22-15-23-31-51/h12-47H,1-11H3. The number of rotatable bonds is 8. The summed E-state index contributed by atoms with van der Waals surface area (Å²) in [4.78, 5) is 16.1. The second kappa shape index (κ2) is 19.3. The van der Waals surface area contributed by atoms with Crippen LogP contribution in [0.1, 0.15) is 104 Å². The first-order valence-corrected chi connectivity index (χ1v) is 27.9. The highest BCUT2D eigenvalue weighted by atomic mass is 15.2. The Hall–Kier alpha value is -8.28. The van der Waals surface area contributed by atoms with Crippen molar-refractivity contribution in [3.63, 3.8) is 0 Å². The van der Waals surface area contributed by atoms with Gasteiger partial charge in [-0.1, -0.05) is 234 Å². The molecule has 0 amide bonds. The zero-order chi connectivity index (χ0) is 54.3. The van der Waals surface area contributed by atoms with E-state index in [-0.39, 0.29) is 23.0 Å². The Balaban J connectivity index is 1.25. The predicted octanol–water partition coefficient (Wildman–Crippen LogP) is 17.9. The van der Waals surface area contributed by atoms with Gasteiger partial charge in [0.05, 0.1) is 11.4 Å². The van der Waals surface area contributed by atoms with Crippen molar-refractivity contribution in [3.05, 3.63) is 235 Å². The van der Waals surface area contributed by atoms with Crippen LogP contribution in [0, 0.1) is 0 Å². The molecule has 0 atom stereocenters. The monoisotopic (exact) mass is 1010 g/mol. The maximum Gasteiger partial charge on any atom is 0.252 e. The molecule has 12 rings (SSSR count). The Labute approximate surface area is 463 Å². The highest BCUT2D eigenvalue weighted by Gasteiger charge is 2.45. The van der Waals surface area contributed by atoms with Crippen LogP contribution in [0.4, 0.5) is 34.1 Å². The Morgan fingerprint density at radius 1 is 0.346 bits per heavy atom. The molecular formula is C73H69BN4. The van der Waals surface area contributed by atoms with E-state index in [2.05, 4.69) is 298 Å². The van der Waals surface area contributed by atoms with E-state index in [1.54, 1.807) is 0 Å². The fraction of sp³-hybridized carbons (Fsp3) is 0.205.